The first kappa shape index (κ1) is 13.8. The zero-order valence-corrected chi connectivity index (χ0v) is 11.6. The Hall–Kier alpha value is -0.650. The van der Waals surface area contributed by atoms with Crippen LogP contribution in [0.2, 0.25) is 0 Å². The first-order chi connectivity index (χ1) is 8.72. The highest BCUT2D eigenvalue weighted by Crippen LogP contribution is 2.19. The monoisotopic (exact) mass is 254 g/mol. The van der Waals surface area contributed by atoms with Crippen LogP contribution in [0.1, 0.15) is 19.3 Å². The van der Waals surface area contributed by atoms with Crippen molar-refractivity contribution in [3.63, 3.8) is 0 Å². The second-order valence-corrected chi connectivity index (χ2v) is 5.46. The highest BCUT2D eigenvalue weighted by Gasteiger charge is 2.33. The minimum absolute atomic E-state index is 0.0113. The van der Waals surface area contributed by atoms with Gasteiger partial charge in [-0.05, 0) is 39.4 Å². The summed E-state index contributed by atoms with van der Waals surface area (Å²) in [5, 5.41) is 6.13. The third-order valence-electron chi connectivity index (χ3n) is 4.22. The van der Waals surface area contributed by atoms with Crippen LogP contribution < -0.4 is 10.6 Å². The van der Waals surface area contributed by atoms with Gasteiger partial charge in [-0.15, -0.1) is 0 Å². The lowest BCUT2D eigenvalue weighted by atomic mass is 10.0. The van der Waals surface area contributed by atoms with Crippen molar-refractivity contribution in [2.24, 2.45) is 0 Å². The van der Waals surface area contributed by atoms with Gasteiger partial charge in [-0.1, -0.05) is 0 Å². The van der Waals surface area contributed by atoms with Crippen LogP contribution in [-0.2, 0) is 4.79 Å². The first-order valence-corrected chi connectivity index (χ1v) is 7.09. The molecule has 0 radical (unpaired) electrons. The van der Waals surface area contributed by atoms with Crippen LogP contribution >= 0.6 is 0 Å². The van der Waals surface area contributed by atoms with Crippen LogP contribution in [0.5, 0.6) is 0 Å². The minimum atomic E-state index is 0.0113. The van der Waals surface area contributed by atoms with Gasteiger partial charge in [0, 0.05) is 32.7 Å². The summed E-state index contributed by atoms with van der Waals surface area (Å²) in [6, 6.07) is 0.580. The molecule has 104 valence electrons. The van der Waals surface area contributed by atoms with Crippen molar-refractivity contribution in [3.05, 3.63) is 0 Å². The number of nitrogens with zero attached hydrogens (tertiary/aromatic N) is 2. The Balaban J connectivity index is 2.01. The maximum atomic E-state index is 12.0. The molecule has 5 heteroatoms. The van der Waals surface area contributed by atoms with E-state index in [0.717, 1.165) is 26.2 Å². The molecule has 2 heterocycles. The number of carbonyl (C=O) groups excluding carboxylic acids is 1. The van der Waals surface area contributed by atoms with E-state index in [1.807, 2.05) is 0 Å². The summed E-state index contributed by atoms with van der Waals surface area (Å²) in [5.41, 5.74) is 0. The van der Waals surface area contributed by atoms with E-state index >= 15 is 0 Å². The third-order valence-corrected chi connectivity index (χ3v) is 4.22. The lowest BCUT2D eigenvalue weighted by Gasteiger charge is -2.40. The van der Waals surface area contributed by atoms with Crippen molar-refractivity contribution in [2.75, 3.05) is 46.8 Å². The van der Waals surface area contributed by atoms with Crippen LogP contribution in [0, 0.1) is 0 Å². The lowest BCUT2D eigenvalue weighted by molar-refractivity contribution is -0.127. The zero-order valence-electron chi connectivity index (χ0n) is 11.6. The van der Waals surface area contributed by atoms with Crippen molar-refractivity contribution in [3.8, 4) is 0 Å². The van der Waals surface area contributed by atoms with Gasteiger partial charge in [0.1, 0.15) is 6.04 Å². The fraction of sp³-hybridized carbons (Fsp3) is 0.923. The van der Waals surface area contributed by atoms with Crippen LogP contribution in [0.3, 0.4) is 0 Å². The molecule has 0 aromatic rings. The van der Waals surface area contributed by atoms with Crippen molar-refractivity contribution in [1.29, 1.82) is 0 Å². The molecule has 0 aromatic heterocycles. The van der Waals surface area contributed by atoms with Gasteiger partial charge in [0.2, 0.25) is 5.91 Å². The number of amides is 1. The van der Waals surface area contributed by atoms with E-state index in [4.69, 9.17) is 0 Å². The molecule has 0 bridgehead atoms. The Morgan fingerprint density at radius 1 is 1.28 bits per heavy atom. The van der Waals surface area contributed by atoms with Crippen molar-refractivity contribution < 1.29 is 4.79 Å². The fourth-order valence-electron chi connectivity index (χ4n) is 3.12. The Kier molecular flexibility index (Phi) is 4.97. The summed E-state index contributed by atoms with van der Waals surface area (Å²) in [4.78, 5) is 16.8. The summed E-state index contributed by atoms with van der Waals surface area (Å²) in [6.45, 7) is 5.11. The predicted octanol–water partition coefficient (Wildman–Crippen LogP) is -0.509. The summed E-state index contributed by atoms with van der Waals surface area (Å²) in [7, 11) is 3.92. The highest BCUT2D eigenvalue weighted by molar-refractivity contribution is 5.81. The second-order valence-electron chi connectivity index (χ2n) is 5.46. The third kappa shape index (κ3) is 3.22. The molecule has 2 aliphatic rings. The largest absolute Gasteiger partial charge is 0.358 e. The molecule has 0 saturated carbocycles. The van der Waals surface area contributed by atoms with Gasteiger partial charge < -0.3 is 15.5 Å². The molecule has 2 saturated heterocycles. The Labute approximate surface area is 110 Å². The van der Waals surface area contributed by atoms with E-state index in [-0.39, 0.29) is 11.9 Å². The van der Waals surface area contributed by atoms with Gasteiger partial charge >= 0.3 is 0 Å². The molecule has 0 aromatic carbocycles. The van der Waals surface area contributed by atoms with E-state index in [1.54, 1.807) is 7.05 Å². The Morgan fingerprint density at radius 2 is 2.11 bits per heavy atom. The molecule has 2 unspecified atom stereocenters. The number of rotatable bonds is 2. The molecule has 18 heavy (non-hydrogen) atoms. The molecule has 2 rings (SSSR count). The molecule has 0 aliphatic carbocycles. The number of hydrogen-bond acceptors (Lipinski definition) is 4. The summed E-state index contributed by atoms with van der Waals surface area (Å²) in [5.74, 6) is 0.153. The molecular weight excluding hydrogens is 228 g/mol. The van der Waals surface area contributed by atoms with Crippen molar-refractivity contribution in [1.82, 2.24) is 20.4 Å². The van der Waals surface area contributed by atoms with Crippen LogP contribution in [0.4, 0.5) is 0 Å². The number of likely N-dealkylation sites (tertiary alicyclic amines) is 1. The molecular formula is C13H26N4O. The van der Waals surface area contributed by atoms with Crippen molar-refractivity contribution in [2.45, 2.75) is 31.3 Å². The van der Waals surface area contributed by atoms with Gasteiger partial charge in [-0.25, -0.2) is 0 Å². The van der Waals surface area contributed by atoms with Gasteiger partial charge in [-0.2, -0.15) is 0 Å². The van der Waals surface area contributed by atoms with Crippen molar-refractivity contribution >= 4 is 5.91 Å². The van der Waals surface area contributed by atoms with Gasteiger partial charge in [-0.3, -0.25) is 9.69 Å². The van der Waals surface area contributed by atoms with Crippen LogP contribution in [0.25, 0.3) is 0 Å². The average Bonchev–Trinajstić information content (AvgIpc) is 2.62. The highest BCUT2D eigenvalue weighted by atomic mass is 16.2. The maximum absolute atomic E-state index is 12.0. The summed E-state index contributed by atoms with van der Waals surface area (Å²) >= 11 is 0. The van der Waals surface area contributed by atoms with Gasteiger partial charge in [0.25, 0.3) is 0 Å². The van der Waals surface area contributed by atoms with Crippen LogP contribution in [-0.4, -0.2) is 74.6 Å². The molecule has 0 spiro atoms. The molecule has 2 atom stereocenters. The Morgan fingerprint density at radius 3 is 2.89 bits per heavy atom. The van der Waals surface area contributed by atoms with E-state index in [9.17, 15) is 4.79 Å². The fourth-order valence-corrected chi connectivity index (χ4v) is 3.12. The van der Waals surface area contributed by atoms with E-state index < -0.39 is 0 Å². The number of carbonyl (C=O) groups is 1. The average molecular weight is 254 g/mol. The van der Waals surface area contributed by atoms with Gasteiger partial charge in [0.05, 0.1) is 0 Å². The predicted molar refractivity (Wildman–Crippen MR) is 72.6 cm³/mol. The first-order valence-electron chi connectivity index (χ1n) is 7.09. The standard InChI is InChI=1S/C13H26N4O/c1-14-13(18)12-10-15-6-9-17(12)11-4-3-7-16(2)8-5-11/h11-12,15H,3-10H2,1-2H3,(H,14,18). The maximum Gasteiger partial charge on any atom is 0.238 e. The van der Waals surface area contributed by atoms with Crippen LogP contribution in [0.15, 0.2) is 0 Å². The topological polar surface area (TPSA) is 47.6 Å². The molecule has 1 amide bonds. The number of nitrogens with one attached hydrogen (secondary N) is 2. The molecule has 2 aliphatic heterocycles. The quantitative estimate of drug-likeness (QED) is 0.697. The van der Waals surface area contributed by atoms with E-state index in [1.165, 1.54) is 25.8 Å². The lowest BCUT2D eigenvalue weighted by Crippen LogP contribution is -2.60. The smallest absolute Gasteiger partial charge is 0.238 e. The zero-order chi connectivity index (χ0) is 13.0. The number of hydrogen-bond donors (Lipinski definition) is 2. The van der Waals surface area contributed by atoms with E-state index in [2.05, 4.69) is 27.5 Å². The van der Waals surface area contributed by atoms with Gasteiger partial charge in [0.15, 0.2) is 0 Å². The second kappa shape index (κ2) is 6.50. The minimum Gasteiger partial charge on any atom is -0.358 e. The summed E-state index contributed by atoms with van der Waals surface area (Å²) < 4.78 is 0. The molecule has 5 nitrogen and oxygen atoms in total. The normalized spacial score (nSPS) is 31.9. The number of likely N-dealkylation sites (N-methyl/N-ethyl adjacent to an activating group) is 1. The molecule has 2 fully saturated rings. The molecule has 2 N–H and O–H groups in total. The Bertz CT molecular complexity index is 284. The number of piperazine rings is 1. The van der Waals surface area contributed by atoms with E-state index in [0.29, 0.717) is 6.04 Å². The SMILES string of the molecule is CNC(=O)C1CNCCN1C1CCCN(C)CC1. The summed E-state index contributed by atoms with van der Waals surface area (Å²) in [6.07, 6.45) is 3.65.